The van der Waals surface area contributed by atoms with Crippen LogP contribution in [0.4, 0.5) is 17.6 Å². The first-order valence-corrected chi connectivity index (χ1v) is 6.82. The van der Waals surface area contributed by atoms with Crippen LogP contribution in [-0.2, 0) is 0 Å². The van der Waals surface area contributed by atoms with Crippen LogP contribution in [-0.4, -0.2) is 4.98 Å². The molecule has 1 aromatic heterocycles. The van der Waals surface area contributed by atoms with Crippen molar-refractivity contribution in [3.63, 3.8) is 0 Å². The minimum atomic E-state index is -1.13. The lowest BCUT2D eigenvalue weighted by Gasteiger charge is -2.09. The molecule has 0 bridgehead atoms. The number of rotatable bonds is 2. The monoisotopic (exact) mass is 328 g/mol. The molecule has 0 fully saturated rings. The predicted octanol–water partition coefficient (Wildman–Crippen LogP) is 4.84. The Morgan fingerprint density at radius 3 is 2.04 bits per heavy atom. The van der Waals surface area contributed by atoms with E-state index in [1.165, 1.54) is 36.5 Å². The first-order chi connectivity index (χ1) is 11.5. The van der Waals surface area contributed by atoms with E-state index in [2.05, 4.69) is 4.98 Å². The predicted molar refractivity (Wildman–Crippen MR) is 79.7 cm³/mol. The van der Waals surface area contributed by atoms with E-state index in [4.69, 9.17) is 0 Å². The zero-order valence-electron chi connectivity index (χ0n) is 12.0. The van der Waals surface area contributed by atoms with Gasteiger partial charge in [0.15, 0.2) is 23.3 Å². The molecular weight excluding hydrogens is 320 g/mol. The zero-order chi connectivity index (χ0) is 17.3. The Morgan fingerprint density at radius 1 is 0.833 bits per heavy atom. The van der Waals surface area contributed by atoms with Gasteiger partial charge < -0.3 is 0 Å². The Kier molecular flexibility index (Phi) is 4.00. The minimum absolute atomic E-state index is 0.0740. The molecule has 24 heavy (non-hydrogen) atoms. The lowest BCUT2D eigenvalue weighted by molar-refractivity contribution is 0.510. The third kappa shape index (κ3) is 2.61. The highest BCUT2D eigenvalue weighted by atomic mass is 19.2. The van der Waals surface area contributed by atoms with Gasteiger partial charge in [-0.05, 0) is 24.3 Å². The van der Waals surface area contributed by atoms with Crippen molar-refractivity contribution in [2.45, 2.75) is 0 Å². The summed E-state index contributed by atoms with van der Waals surface area (Å²) in [5.41, 5.74) is -0.261. The summed E-state index contributed by atoms with van der Waals surface area (Å²) in [4.78, 5) is 3.95. The second-order valence-electron chi connectivity index (χ2n) is 4.93. The van der Waals surface area contributed by atoms with Crippen LogP contribution in [0.2, 0.25) is 0 Å². The molecule has 0 spiro atoms. The molecule has 2 nitrogen and oxygen atoms in total. The van der Waals surface area contributed by atoms with Crippen molar-refractivity contribution in [2.75, 3.05) is 0 Å². The molecule has 0 N–H and O–H groups in total. The highest BCUT2D eigenvalue weighted by molar-refractivity contribution is 5.73. The molecule has 2 aromatic carbocycles. The van der Waals surface area contributed by atoms with Crippen LogP contribution in [0.25, 0.3) is 22.4 Å². The van der Waals surface area contributed by atoms with Crippen LogP contribution >= 0.6 is 0 Å². The van der Waals surface area contributed by atoms with E-state index in [-0.39, 0.29) is 27.9 Å². The van der Waals surface area contributed by atoms with Gasteiger partial charge in [0.2, 0.25) is 0 Å². The number of halogens is 4. The fourth-order valence-electron chi connectivity index (χ4n) is 2.33. The van der Waals surface area contributed by atoms with E-state index in [0.717, 1.165) is 12.1 Å². The number of pyridine rings is 1. The van der Waals surface area contributed by atoms with Crippen molar-refractivity contribution in [1.82, 2.24) is 4.98 Å². The SMILES string of the molecule is N#Cc1cc(-c2cccc(F)c2F)cnc1-c1cccc(F)c1F. The molecule has 3 rings (SSSR count). The Labute approximate surface area is 134 Å². The standard InChI is InChI=1S/C18H8F4N2/c19-14-5-1-3-12(16(14)21)11-7-10(8-23)18(24-9-11)13-4-2-6-15(20)17(13)22/h1-7,9H. The molecule has 0 amide bonds. The molecule has 1 heterocycles. The topological polar surface area (TPSA) is 36.7 Å². The zero-order valence-corrected chi connectivity index (χ0v) is 12.0. The van der Waals surface area contributed by atoms with Crippen molar-refractivity contribution in [2.24, 2.45) is 0 Å². The lowest BCUT2D eigenvalue weighted by Crippen LogP contribution is -1.97. The van der Waals surface area contributed by atoms with E-state index in [1.54, 1.807) is 0 Å². The van der Waals surface area contributed by atoms with E-state index >= 15 is 0 Å². The molecule has 0 radical (unpaired) electrons. The fraction of sp³-hybridized carbons (Fsp3) is 0. The van der Waals surface area contributed by atoms with Gasteiger partial charge in [0.25, 0.3) is 0 Å². The summed E-state index contributed by atoms with van der Waals surface area (Å²) >= 11 is 0. The Balaban J connectivity index is 2.18. The van der Waals surface area contributed by atoms with Crippen LogP contribution in [0.15, 0.2) is 48.7 Å². The quantitative estimate of drug-likeness (QED) is 0.631. The van der Waals surface area contributed by atoms with Gasteiger partial charge in [-0.1, -0.05) is 18.2 Å². The van der Waals surface area contributed by atoms with E-state index in [1.807, 2.05) is 6.07 Å². The Morgan fingerprint density at radius 2 is 1.42 bits per heavy atom. The molecule has 0 aliphatic rings. The first-order valence-electron chi connectivity index (χ1n) is 6.82. The van der Waals surface area contributed by atoms with E-state index < -0.39 is 23.3 Å². The smallest absolute Gasteiger partial charge is 0.168 e. The Bertz CT molecular complexity index is 977. The van der Waals surface area contributed by atoms with Crippen molar-refractivity contribution in [3.8, 4) is 28.5 Å². The molecule has 0 atom stereocenters. The van der Waals surface area contributed by atoms with Crippen molar-refractivity contribution in [1.29, 1.82) is 5.26 Å². The first kappa shape index (κ1) is 15.7. The molecule has 3 aromatic rings. The molecule has 0 unspecified atom stereocenters. The third-order valence-corrected chi connectivity index (χ3v) is 3.48. The largest absolute Gasteiger partial charge is 0.254 e. The van der Waals surface area contributed by atoms with Crippen molar-refractivity contribution >= 4 is 0 Å². The summed E-state index contributed by atoms with van der Waals surface area (Å²) in [7, 11) is 0. The fourth-order valence-corrected chi connectivity index (χ4v) is 2.33. The van der Waals surface area contributed by atoms with Crippen LogP contribution in [0.1, 0.15) is 5.56 Å². The maximum atomic E-state index is 13.9. The number of benzene rings is 2. The van der Waals surface area contributed by atoms with Crippen LogP contribution in [0, 0.1) is 34.6 Å². The Hall–Kier alpha value is -3.20. The molecule has 118 valence electrons. The van der Waals surface area contributed by atoms with Gasteiger partial charge in [0, 0.05) is 22.9 Å². The lowest BCUT2D eigenvalue weighted by atomic mass is 10.0. The summed E-state index contributed by atoms with van der Waals surface area (Å²) in [5.74, 6) is -4.32. The maximum absolute atomic E-state index is 13.9. The van der Waals surface area contributed by atoms with Gasteiger partial charge in [-0.25, -0.2) is 17.6 Å². The summed E-state index contributed by atoms with van der Waals surface area (Å²) in [6.45, 7) is 0. The summed E-state index contributed by atoms with van der Waals surface area (Å²) < 4.78 is 54.5. The molecular formula is C18H8F4N2. The van der Waals surface area contributed by atoms with Gasteiger partial charge in [-0.15, -0.1) is 0 Å². The number of nitriles is 1. The second-order valence-corrected chi connectivity index (χ2v) is 4.93. The van der Waals surface area contributed by atoms with Gasteiger partial charge in [-0.2, -0.15) is 5.26 Å². The van der Waals surface area contributed by atoms with Gasteiger partial charge >= 0.3 is 0 Å². The average molecular weight is 328 g/mol. The number of nitrogens with zero attached hydrogens (tertiary/aromatic N) is 2. The van der Waals surface area contributed by atoms with Crippen molar-refractivity contribution in [3.05, 3.63) is 77.5 Å². The van der Waals surface area contributed by atoms with Gasteiger partial charge in [-0.3, -0.25) is 4.98 Å². The molecule has 0 aliphatic carbocycles. The normalized spacial score (nSPS) is 10.5. The van der Waals surface area contributed by atoms with Crippen molar-refractivity contribution < 1.29 is 17.6 Å². The number of aromatic nitrogens is 1. The molecule has 0 saturated heterocycles. The summed E-state index contributed by atoms with van der Waals surface area (Å²) in [6.07, 6.45) is 1.18. The van der Waals surface area contributed by atoms with E-state index in [9.17, 15) is 22.8 Å². The van der Waals surface area contributed by atoms with E-state index in [0.29, 0.717) is 0 Å². The summed E-state index contributed by atoms with van der Waals surface area (Å²) in [5, 5.41) is 9.26. The van der Waals surface area contributed by atoms with Gasteiger partial charge in [0.05, 0.1) is 11.3 Å². The second kappa shape index (κ2) is 6.13. The highest BCUT2D eigenvalue weighted by Gasteiger charge is 2.17. The van der Waals surface area contributed by atoms with Gasteiger partial charge in [0.1, 0.15) is 6.07 Å². The molecule has 0 saturated carbocycles. The highest BCUT2D eigenvalue weighted by Crippen LogP contribution is 2.30. The average Bonchev–Trinajstić information content (AvgIpc) is 2.59. The molecule has 6 heteroatoms. The van der Waals surface area contributed by atoms with Crippen LogP contribution in [0.3, 0.4) is 0 Å². The van der Waals surface area contributed by atoms with Crippen LogP contribution < -0.4 is 0 Å². The summed E-state index contributed by atoms with van der Waals surface area (Å²) in [6, 6.07) is 10.2. The van der Waals surface area contributed by atoms with Crippen LogP contribution in [0.5, 0.6) is 0 Å². The number of hydrogen-bond acceptors (Lipinski definition) is 2. The molecule has 0 aliphatic heterocycles. The third-order valence-electron chi connectivity index (χ3n) is 3.48. The minimum Gasteiger partial charge on any atom is -0.254 e. The maximum Gasteiger partial charge on any atom is 0.168 e. The number of hydrogen-bond donors (Lipinski definition) is 0.